The average Bonchev–Trinajstić information content (AvgIpc) is 2.94. The molecule has 144 valence electrons. The molecule has 2 heterocycles. The van der Waals surface area contributed by atoms with Crippen LogP contribution in [0.2, 0.25) is 0 Å². The maximum atomic E-state index is 13.1. The van der Waals surface area contributed by atoms with Crippen molar-refractivity contribution in [1.29, 1.82) is 0 Å². The lowest BCUT2D eigenvalue weighted by Crippen LogP contribution is -2.51. The van der Waals surface area contributed by atoms with Crippen LogP contribution in [0.15, 0.2) is 30.3 Å². The molecule has 0 spiro atoms. The Hall–Kier alpha value is -1.63. The molecule has 0 saturated carbocycles. The lowest BCUT2D eigenvalue weighted by Gasteiger charge is -2.38. The first kappa shape index (κ1) is 20.7. The van der Waals surface area contributed by atoms with Crippen LogP contribution in [0.1, 0.15) is 29.6 Å². The van der Waals surface area contributed by atoms with Gasteiger partial charge in [0.05, 0.1) is 5.41 Å². The van der Waals surface area contributed by atoms with E-state index in [9.17, 15) is 9.59 Å². The molecule has 1 aromatic carbocycles. The molecule has 2 N–H and O–H groups in total. The first-order valence-corrected chi connectivity index (χ1v) is 9.08. The zero-order valence-electron chi connectivity index (χ0n) is 15.1. The van der Waals surface area contributed by atoms with E-state index in [2.05, 4.69) is 0 Å². The Morgan fingerprint density at radius 2 is 1.62 bits per heavy atom. The first-order chi connectivity index (χ1) is 12.2. The van der Waals surface area contributed by atoms with E-state index in [0.717, 1.165) is 6.42 Å². The number of nitrogens with two attached hydrogens (primary N) is 1. The van der Waals surface area contributed by atoms with Gasteiger partial charge in [0, 0.05) is 51.5 Å². The molecule has 0 unspecified atom stereocenters. The molecule has 1 aromatic rings. The second-order valence-corrected chi connectivity index (χ2v) is 6.90. The molecule has 2 fully saturated rings. The number of ether oxygens (including phenoxy) is 1. The molecule has 0 aliphatic carbocycles. The van der Waals surface area contributed by atoms with E-state index in [1.54, 1.807) is 0 Å². The Balaban J connectivity index is 0.00000243. The fourth-order valence-corrected chi connectivity index (χ4v) is 3.69. The van der Waals surface area contributed by atoms with Gasteiger partial charge < -0.3 is 20.3 Å². The minimum Gasteiger partial charge on any atom is -0.381 e. The predicted octanol–water partition coefficient (Wildman–Crippen LogP) is 1.54. The van der Waals surface area contributed by atoms with Crippen molar-refractivity contribution < 1.29 is 14.3 Å². The van der Waals surface area contributed by atoms with Crippen LogP contribution in [-0.4, -0.2) is 67.6 Å². The second kappa shape index (κ2) is 9.35. The number of nitrogens with zero attached hydrogens (tertiary/aromatic N) is 2. The van der Waals surface area contributed by atoms with Crippen molar-refractivity contribution in [3.63, 3.8) is 0 Å². The van der Waals surface area contributed by atoms with Gasteiger partial charge in [-0.15, -0.1) is 12.4 Å². The van der Waals surface area contributed by atoms with Crippen LogP contribution >= 0.6 is 12.4 Å². The monoisotopic (exact) mass is 381 g/mol. The van der Waals surface area contributed by atoms with Crippen LogP contribution < -0.4 is 5.73 Å². The number of carbonyl (C=O) groups is 2. The van der Waals surface area contributed by atoms with Gasteiger partial charge in [-0.2, -0.15) is 0 Å². The smallest absolute Gasteiger partial charge is 0.253 e. The molecule has 0 radical (unpaired) electrons. The summed E-state index contributed by atoms with van der Waals surface area (Å²) in [7, 11) is 0. The molecular formula is C19H28ClN3O3. The minimum atomic E-state index is -0.489. The number of rotatable bonds is 3. The molecule has 2 saturated heterocycles. The van der Waals surface area contributed by atoms with E-state index in [4.69, 9.17) is 10.5 Å². The van der Waals surface area contributed by atoms with Gasteiger partial charge in [0.2, 0.25) is 5.91 Å². The Bertz CT molecular complexity index is 605. The number of carbonyl (C=O) groups excluding carboxylic acids is 2. The summed E-state index contributed by atoms with van der Waals surface area (Å²) in [4.78, 5) is 29.5. The molecule has 2 amide bonds. The molecule has 2 aliphatic heterocycles. The van der Waals surface area contributed by atoms with Crippen LogP contribution in [0.25, 0.3) is 0 Å². The third-order valence-corrected chi connectivity index (χ3v) is 5.39. The Morgan fingerprint density at radius 3 is 2.27 bits per heavy atom. The van der Waals surface area contributed by atoms with Crippen molar-refractivity contribution in [2.75, 3.05) is 45.9 Å². The number of hydrogen-bond acceptors (Lipinski definition) is 4. The van der Waals surface area contributed by atoms with Crippen LogP contribution in [-0.2, 0) is 9.53 Å². The molecular weight excluding hydrogens is 354 g/mol. The fraction of sp³-hybridized carbons (Fsp3) is 0.579. The highest BCUT2D eigenvalue weighted by atomic mass is 35.5. The lowest BCUT2D eigenvalue weighted by molar-refractivity contribution is -0.147. The van der Waals surface area contributed by atoms with E-state index < -0.39 is 5.41 Å². The third kappa shape index (κ3) is 4.37. The van der Waals surface area contributed by atoms with Crippen LogP contribution in [0.5, 0.6) is 0 Å². The highest BCUT2D eigenvalue weighted by molar-refractivity contribution is 5.94. The molecule has 26 heavy (non-hydrogen) atoms. The number of benzene rings is 1. The van der Waals surface area contributed by atoms with Crippen LogP contribution in [0.4, 0.5) is 0 Å². The molecule has 0 bridgehead atoms. The summed E-state index contributed by atoms with van der Waals surface area (Å²) >= 11 is 0. The fourth-order valence-electron chi connectivity index (χ4n) is 3.69. The van der Waals surface area contributed by atoms with Crippen molar-refractivity contribution >= 4 is 24.2 Å². The highest BCUT2D eigenvalue weighted by Crippen LogP contribution is 2.32. The van der Waals surface area contributed by atoms with Gasteiger partial charge in [0.25, 0.3) is 5.91 Å². The molecule has 0 aromatic heterocycles. The molecule has 7 heteroatoms. The topological polar surface area (TPSA) is 75.9 Å². The number of amides is 2. The summed E-state index contributed by atoms with van der Waals surface area (Å²) in [5.74, 6) is 0.168. The van der Waals surface area contributed by atoms with Gasteiger partial charge in [-0.1, -0.05) is 18.2 Å². The van der Waals surface area contributed by atoms with Gasteiger partial charge in [-0.25, -0.2) is 0 Å². The first-order valence-electron chi connectivity index (χ1n) is 9.08. The number of hydrogen-bond donors (Lipinski definition) is 1. The molecule has 3 rings (SSSR count). The lowest BCUT2D eigenvalue weighted by atomic mass is 9.79. The van der Waals surface area contributed by atoms with Gasteiger partial charge in [0.15, 0.2) is 0 Å². The van der Waals surface area contributed by atoms with Crippen molar-refractivity contribution in [2.24, 2.45) is 11.1 Å². The molecule has 0 atom stereocenters. The summed E-state index contributed by atoms with van der Waals surface area (Å²) in [5.41, 5.74) is 6.18. The molecule has 2 aliphatic rings. The van der Waals surface area contributed by atoms with Gasteiger partial charge >= 0.3 is 0 Å². The van der Waals surface area contributed by atoms with E-state index in [1.165, 1.54) is 0 Å². The van der Waals surface area contributed by atoms with E-state index >= 15 is 0 Å². The Morgan fingerprint density at radius 1 is 1.00 bits per heavy atom. The van der Waals surface area contributed by atoms with Crippen molar-refractivity contribution in [2.45, 2.75) is 19.3 Å². The van der Waals surface area contributed by atoms with E-state index in [1.807, 2.05) is 40.1 Å². The highest BCUT2D eigenvalue weighted by Gasteiger charge is 2.41. The van der Waals surface area contributed by atoms with E-state index in [-0.39, 0.29) is 24.2 Å². The van der Waals surface area contributed by atoms with Crippen molar-refractivity contribution in [3.05, 3.63) is 35.9 Å². The number of halogens is 1. The van der Waals surface area contributed by atoms with Gasteiger partial charge in [-0.05, 0) is 31.4 Å². The zero-order valence-corrected chi connectivity index (χ0v) is 15.9. The summed E-state index contributed by atoms with van der Waals surface area (Å²) < 4.78 is 5.41. The van der Waals surface area contributed by atoms with Crippen LogP contribution in [0.3, 0.4) is 0 Å². The maximum Gasteiger partial charge on any atom is 0.253 e. The Labute approximate surface area is 161 Å². The third-order valence-electron chi connectivity index (χ3n) is 5.39. The normalized spacial score (nSPS) is 20.0. The summed E-state index contributed by atoms with van der Waals surface area (Å²) in [6.07, 6.45) is 2.17. The summed E-state index contributed by atoms with van der Waals surface area (Å²) in [5, 5.41) is 0. The minimum absolute atomic E-state index is 0. The molecule has 6 nitrogen and oxygen atoms in total. The van der Waals surface area contributed by atoms with Crippen molar-refractivity contribution in [1.82, 2.24) is 9.80 Å². The predicted molar refractivity (Wildman–Crippen MR) is 102 cm³/mol. The SMILES string of the molecule is Cl.NCC1(C(=O)N2CCCN(C(=O)c3ccccc3)CC2)CCOCC1. The van der Waals surface area contributed by atoms with Gasteiger partial charge in [-0.3, -0.25) is 9.59 Å². The average molecular weight is 382 g/mol. The quantitative estimate of drug-likeness (QED) is 0.861. The van der Waals surface area contributed by atoms with Crippen LogP contribution in [0, 0.1) is 5.41 Å². The zero-order chi connectivity index (χ0) is 17.7. The summed E-state index contributed by atoms with van der Waals surface area (Å²) in [6.45, 7) is 4.04. The Kier molecular flexibility index (Phi) is 7.43. The maximum absolute atomic E-state index is 13.1. The summed E-state index contributed by atoms with van der Waals surface area (Å²) in [6, 6.07) is 9.32. The second-order valence-electron chi connectivity index (χ2n) is 6.90. The largest absolute Gasteiger partial charge is 0.381 e. The van der Waals surface area contributed by atoms with Gasteiger partial charge in [0.1, 0.15) is 0 Å². The standard InChI is InChI=1S/C19H27N3O3.ClH/c20-15-19(7-13-25-14-8-19)18(24)22-10-4-9-21(11-12-22)17(23)16-5-2-1-3-6-16;/h1-3,5-6H,4,7-15,20H2;1H. The van der Waals surface area contributed by atoms with Crippen molar-refractivity contribution in [3.8, 4) is 0 Å². The van der Waals surface area contributed by atoms with E-state index in [0.29, 0.717) is 64.3 Å².